The Morgan fingerprint density at radius 1 is 1.14 bits per heavy atom. The topological polar surface area (TPSA) is 42.4 Å². The fourth-order valence-corrected chi connectivity index (χ4v) is 3.16. The highest BCUT2D eigenvalue weighted by Gasteiger charge is 2.08. The molecule has 3 nitrogen and oxygen atoms in total. The number of nitrogens with zero attached hydrogens (tertiary/aromatic N) is 1. The van der Waals surface area contributed by atoms with Gasteiger partial charge in [-0.15, -0.1) is 11.3 Å². The van der Waals surface area contributed by atoms with Gasteiger partial charge < -0.3 is 9.84 Å². The van der Waals surface area contributed by atoms with Crippen LogP contribution in [0.25, 0.3) is 21.5 Å². The van der Waals surface area contributed by atoms with Crippen LogP contribution in [0.1, 0.15) is 10.4 Å². The normalized spacial score (nSPS) is 11.0. The van der Waals surface area contributed by atoms with E-state index in [2.05, 4.69) is 32.0 Å². The minimum absolute atomic E-state index is 0.0129. The number of fused-ring (bicyclic) bond motifs is 1. The molecule has 0 amide bonds. The lowest BCUT2D eigenvalue weighted by molar-refractivity contribution is 0.201. The zero-order valence-electron chi connectivity index (χ0n) is 12.1. The molecule has 108 valence electrons. The number of pyridine rings is 1. The highest BCUT2D eigenvalue weighted by Crippen LogP contribution is 2.30. The predicted octanol–water partition coefficient (Wildman–Crippen LogP) is 3.95. The number of aliphatic hydroxyl groups excluding tert-OH is 1. The first-order valence-electron chi connectivity index (χ1n) is 6.89. The molecule has 0 saturated carbocycles. The molecule has 2 aromatic heterocycles. The van der Waals surface area contributed by atoms with Crippen LogP contribution in [0.4, 0.5) is 0 Å². The second-order valence-electron chi connectivity index (χ2n) is 4.99. The number of aryl methyl sites for hydroxylation is 2. The van der Waals surface area contributed by atoms with Crippen LogP contribution in [0.3, 0.4) is 0 Å². The molecule has 0 aliphatic rings. The number of aromatic nitrogens is 1. The maximum Gasteiger partial charge on any atom is 0.121 e. The fourth-order valence-electron chi connectivity index (χ4n) is 2.33. The number of thiophene rings is 1. The van der Waals surface area contributed by atoms with Crippen LogP contribution in [0.5, 0.6) is 5.75 Å². The van der Waals surface area contributed by atoms with Crippen molar-refractivity contribution in [3.63, 3.8) is 0 Å². The van der Waals surface area contributed by atoms with Gasteiger partial charge in [0.15, 0.2) is 0 Å². The number of benzene rings is 1. The van der Waals surface area contributed by atoms with E-state index in [1.807, 2.05) is 18.2 Å². The average molecular weight is 299 g/mol. The van der Waals surface area contributed by atoms with E-state index in [4.69, 9.17) is 14.8 Å². The molecule has 1 N–H and O–H groups in total. The van der Waals surface area contributed by atoms with Crippen molar-refractivity contribution >= 4 is 22.2 Å². The third-order valence-corrected chi connectivity index (χ3v) is 4.36. The molecule has 0 fully saturated rings. The van der Waals surface area contributed by atoms with Crippen LogP contribution in [0, 0.1) is 13.8 Å². The summed E-state index contributed by atoms with van der Waals surface area (Å²) in [5.74, 6) is 0.739. The first kappa shape index (κ1) is 14.0. The van der Waals surface area contributed by atoms with Gasteiger partial charge in [0.1, 0.15) is 12.4 Å². The monoisotopic (exact) mass is 299 g/mol. The van der Waals surface area contributed by atoms with E-state index in [-0.39, 0.29) is 6.61 Å². The van der Waals surface area contributed by atoms with Gasteiger partial charge in [0, 0.05) is 16.3 Å². The summed E-state index contributed by atoms with van der Waals surface area (Å²) in [7, 11) is 0. The Morgan fingerprint density at radius 3 is 2.71 bits per heavy atom. The number of hydrogen-bond acceptors (Lipinski definition) is 4. The summed E-state index contributed by atoms with van der Waals surface area (Å²) < 4.78 is 5.47. The largest absolute Gasteiger partial charge is 0.491 e. The van der Waals surface area contributed by atoms with E-state index in [9.17, 15) is 0 Å². The molecule has 0 bridgehead atoms. The van der Waals surface area contributed by atoms with Crippen molar-refractivity contribution in [2.75, 3.05) is 13.2 Å². The second-order valence-corrected chi connectivity index (χ2v) is 6.27. The van der Waals surface area contributed by atoms with Crippen molar-refractivity contribution in [1.82, 2.24) is 4.98 Å². The first-order valence-corrected chi connectivity index (χ1v) is 7.71. The summed E-state index contributed by atoms with van der Waals surface area (Å²) in [4.78, 5) is 7.22. The van der Waals surface area contributed by atoms with Gasteiger partial charge in [0.05, 0.1) is 22.7 Å². The molecular formula is C17H17NO2S. The van der Waals surface area contributed by atoms with Gasteiger partial charge >= 0.3 is 0 Å². The lowest BCUT2D eigenvalue weighted by Crippen LogP contribution is -2.01. The third kappa shape index (κ3) is 2.91. The highest BCUT2D eigenvalue weighted by molar-refractivity contribution is 7.15. The number of hydrogen-bond donors (Lipinski definition) is 1. The summed E-state index contributed by atoms with van der Waals surface area (Å²) >= 11 is 1.75. The fraction of sp³-hybridized carbons (Fsp3) is 0.235. The Balaban J connectivity index is 2.07. The quantitative estimate of drug-likeness (QED) is 0.793. The molecule has 0 saturated heterocycles. The van der Waals surface area contributed by atoms with Gasteiger partial charge in [-0.1, -0.05) is 0 Å². The molecule has 0 aliphatic heterocycles. The van der Waals surface area contributed by atoms with E-state index in [0.29, 0.717) is 6.61 Å². The van der Waals surface area contributed by atoms with Crippen molar-refractivity contribution in [3.05, 3.63) is 46.8 Å². The SMILES string of the molecule is Cc1ccc(-c2cc(C)c3ccc(OCCO)cc3n2)s1. The van der Waals surface area contributed by atoms with Crippen LogP contribution in [-0.2, 0) is 0 Å². The van der Waals surface area contributed by atoms with Crippen molar-refractivity contribution in [3.8, 4) is 16.3 Å². The zero-order valence-corrected chi connectivity index (χ0v) is 12.9. The lowest BCUT2D eigenvalue weighted by Gasteiger charge is -2.08. The third-order valence-electron chi connectivity index (χ3n) is 3.34. The van der Waals surface area contributed by atoms with Crippen molar-refractivity contribution in [1.29, 1.82) is 0 Å². The zero-order chi connectivity index (χ0) is 14.8. The number of rotatable bonds is 4. The summed E-state index contributed by atoms with van der Waals surface area (Å²) in [6.07, 6.45) is 0. The Hall–Kier alpha value is -1.91. The molecule has 0 atom stereocenters. The van der Waals surface area contributed by atoms with Crippen LogP contribution in [-0.4, -0.2) is 23.3 Å². The minimum atomic E-state index is 0.0129. The van der Waals surface area contributed by atoms with Crippen LogP contribution < -0.4 is 4.74 Å². The van der Waals surface area contributed by atoms with Gasteiger partial charge in [0.25, 0.3) is 0 Å². The van der Waals surface area contributed by atoms with Crippen molar-refractivity contribution in [2.45, 2.75) is 13.8 Å². The molecule has 21 heavy (non-hydrogen) atoms. The van der Waals surface area contributed by atoms with Gasteiger partial charge in [0.2, 0.25) is 0 Å². The Bertz CT molecular complexity index is 780. The van der Waals surface area contributed by atoms with E-state index in [1.54, 1.807) is 11.3 Å². The minimum Gasteiger partial charge on any atom is -0.491 e. The standard InChI is InChI=1S/C17H17NO2S/c1-11-9-16(17-6-3-12(2)21-17)18-15-10-13(20-8-7-19)4-5-14(11)15/h3-6,9-10,19H,7-8H2,1-2H3. The van der Waals surface area contributed by atoms with E-state index >= 15 is 0 Å². The molecule has 4 heteroatoms. The highest BCUT2D eigenvalue weighted by atomic mass is 32.1. The van der Waals surface area contributed by atoms with Crippen molar-refractivity contribution in [2.24, 2.45) is 0 Å². The number of ether oxygens (including phenoxy) is 1. The smallest absolute Gasteiger partial charge is 0.121 e. The Kier molecular flexibility index (Phi) is 3.90. The summed E-state index contributed by atoms with van der Waals surface area (Å²) in [5, 5.41) is 9.97. The van der Waals surface area contributed by atoms with Gasteiger partial charge in [-0.2, -0.15) is 0 Å². The molecule has 3 rings (SSSR count). The molecule has 3 aromatic rings. The molecule has 1 aromatic carbocycles. The van der Waals surface area contributed by atoms with Crippen LogP contribution >= 0.6 is 11.3 Å². The maximum atomic E-state index is 8.84. The van der Waals surface area contributed by atoms with Gasteiger partial charge in [-0.05, 0) is 49.7 Å². The lowest BCUT2D eigenvalue weighted by atomic mass is 10.1. The molecule has 0 unspecified atom stereocenters. The molecular weight excluding hydrogens is 282 g/mol. The van der Waals surface area contributed by atoms with Crippen LogP contribution in [0.15, 0.2) is 36.4 Å². The molecule has 0 aliphatic carbocycles. The summed E-state index contributed by atoms with van der Waals surface area (Å²) in [6, 6.07) is 12.2. The van der Waals surface area contributed by atoms with Gasteiger partial charge in [-0.25, -0.2) is 4.98 Å². The summed E-state index contributed by atoms with van der Waals surface area (Å²) in [6.45, 7) is 4.51. The second kappa shape index (κ2) is 5.84. The van der Waals surface area contributed by atoms with Gasteiger partial charge in [-0.3, -0.25) is 0 Å². The number of aliphatic hydroxyl groups is 1. The Labute approximate surface area is 127 Å². The predicted molar refractivity (Wildman–Crippen MR) is 87.1 cm³/mol. The maximum absolute atomic E-state index is 8.84. The molecule has 2 heterocycles. The van der Waals surface area contributed by atoms with E-state index < -0.39 is 0 Å². The first-order chi connectivity index (χ1) is 10.2. The van der Waals surface area contributed by atoms with E-state index in [1.165, 1.54) is 15.3 Å². The summed E-state index contributed by atoms with van der Waals surface area (Å²) in [5.41, 5.74) is 3.12. The van der Waals surface area contributed by atoms with E-state index in [0.717, 1.165) is 22.3 Å². The van der Waals surface area contributed by atoms with Crippen LogP contribution in [0.2, 0.25) is 0 Å². The average Bonchev–Trinajstić information content (AvgIpc) is 2.91. The van der Waals surface area contributed by atoms with Crippen molar-refractivity contribution < 1.29 is 9.84 Å². The molecule has 0 radical (unpaired) electrons. The molecule has 0 spiro atoms. The Morgan fingerprint density at radius 2 is 2.00 bits per heavy atom.